The van der Waals surface area contributed by atoms with Gasteiger partial charge in [0.15, 0.2) is 5.78 Å². The molecule has 1 aromatic carbocycles. The minimum atomic E-state index is -0.735. The number of carbonyl (C=O) groups is 3. The summed E-state index contributed by atoms with van der Waals surface area (Å²) >= 11 is 0. The van der Waals surface area contributed by atoms with Gasteiger partial charge in [0.2, 0.25) is 5.91 Å². The number of aromatic amines is 1. The van der Waals surface area contributed by atoms with Gasteiger partial charge in [0.25, 0.3) is 0 Å². The molecule has 122 valence electrons. The molecule has 6 nitrogen and oxygen atoms in total. The highest BCUT2D eigenvalue weighted by Gasteiger charge is 2.46. The van der Waals surface area contributed by atoms with Crippen molar-refractivity contribution in [2.45, 2.75) is 25.8 Å². The lowest BCUT2D eigenvalue weighted by Crippen LogP contribution is -2.46. The van der Waals surface area contributed by atoms with Gasteiger partial charge in [0, 0.05) is 22.9 Å². The Morgan fingerprint density at radius 3 is 2.75 bits per heavy atom. The third-order valence-corrected chi connectivity index (χ3v) is 4.78. The van der Waals surface area contributed by atoms with Crippen LogP contribution in [-0.4, -0.2) is 40.7 Å². The van der Waals surface area contributed by atoms with Gasteiger partial charge in [-0.2, -0.15) is 0 Å². The number of ether oxygens (including phenoxy) is 1. The van der Waals surface area contributed by atoms with Gasteiger partial charge in [-0.3, -0.25) is 14.5 Å². The van der Waals surface area contributed by atoms with Crippen molar-refractivity contribution in [3.63, 3.8) is 0 Å². The summed E-state index contributed by atoms with van der Waals surface area (Å²) in [6.45, 7) is 1.45. The number of nitrogens with one attached hydrogen (secondary N) is 1. The standard InChI is InChI=1S/C18H16N2O4/c1-9(21)11-8-15(22)20-14(18(23)24-2)7-12-10-5-3-4-6-13(10)19-16(12)17(11)20/h3-6,14,19H,7-8H2,1-2H3/t14-/m0/s1. The van der Waals surface area contributed by atoms with E-state index in [1.54, 1.807) is 0 Å². The van der Waals surface area contributed by atoms with Crippen LogP contribution in [0.3, 0.4) is 0 Å². The molecule has 1 N–H and O–H groups in total. The van der Waals surface area contributed by atoms with Crippen molar-refractivity contribution in [1.29, 1.82) is 0 Å². The predicted molar refractivity (Wildman–Crippen MR) is 86.9 cm³/mol. The molecule has 0 saturated carbocycles. The second-order valence-corrected chi connectivity index (χ2v) is 6.09. The molecule has 0 radical (unpaired) electrons. The molecule has 3 heterocycles. The number of H-pyrrole nitrogens is 1. The highest BCUT2D eigenvalue weighted by atomic mass is 16.5. The van der Waals surface area contributed by atoms with E-state index in [-0.39, 0.29) is 18.1 Å². The Kier molecular flexibility index (Phi) is 3.09. The summed E-state index contributed by atoms with van der Waals surface area (Å²) in [6, 6.07) is 7.02. The maximum atomic E-state index is 12.5. The quantitative estimate of drug-likeness (QED) is 0.854. The number of hydrogen-bond donors (Lipinski definition) is 1. The molecular weight excluding hydrogens is 308 g/mol. The summed E-state index contributed by atoms with van der Waals surface area (Å²) in [6.07, 6.45) is 0.388. The SMILES string of the molecule is COC(=O)[C@@H]1Cc2c([nH]c3ccccc23)C2=C(C(C)=O)CC(=O)N21. The minimum absolute atomic E-state index is 0.0208. The van der Waals surface area contributed by atoms with Crippen LogP contribution < -0.4 is 0 Å². The maximum Gasteiger partial charge on any atom is 0.329 e. The van der Waals surface area contributed by atoms with Crippen LogP contribution in [0.5, 0.6) is 0 Å². The fraction of sp³-hybridized carbons (Fsp3) is 0.278. The van der Waals surface area contributed by atoms with Crippen LogP contribution in [0.4, 0.5) is 0 Å². The number of para-hydroxylation sites is 1. The van der Waals surface area contributed by atoms with Crippen molar-refractivity contribution in [1.82, 2.24) is 9.88 Å². The van der Waals surface area contributed by atoms with E-state index in [9.17, 15) is 14.4 Å². The van der Waals surface area contributed by atoms with E-state index in [1.807, 2.05) is 24.3 Å². The topological polar surface area (TPSA) is 79.5 Å². The highest BCUT2D eigenvalue weighted by molar-refractivity contribution is 6.14. The molecule has 0 unspecified atom stereocenters. The number of rotatable bonds is 2. The van der Waals surface area contributed by atoms with Crippen LogP contribution in [0, 0.1) is 0 Å². The minimum Gasteiger partial charge on any atom is -0.467 e. The van der Waals surface area contributed by atoms with Crippen molar-refractivity contribution in [2.75, 3.05) is 7.11 Å². The molecule has 4 rings (SSSR count). The number of benzene rings is 1. The lowest BCUT2D eigenvalue weighted by Gasteiger charge is -2.33. The fourth-order valence-corrected chi connectivity index (χ4v) is 3.71. The Hall–Kier alpha value is -2.89. The van der Waals surface area contributed by atoms with Crippen LogP contribution in [0.2, 0.25) is 0 Å². The number of fused-ring (bicyclic) bond motifs is 5. The summed E-state index contributed by atoms with van der Waals surface area (Å²) in [4.78, 5) is 41.6. The van der Waals surface area contributed by atoms with Crippen molar-refractivity contribution in [3.8, 4) is 0 Å². The molecule has 24 heavy (non-hydrogen) atoms. The monoisotopic (exact) mass is 324 g/mol. The zero-order valence-corrected chi connectivity index (χ0v) is 13.4. The second kappa shape index (κ2) is 5.06. The average molecular weight is 324 g/mol. The average Bonchev–Trinajstić information content (AvgIpc) is 3.12. The number of Topliss-reactive ketones (excluding diaryl/α,β-unsaturated/α-hetero) is 1. The van der Waals surface area contributed by atoms with Gasteiger partial charge in [-0.05, 0) is 18.6 Å². The summed E-state index contributed by atoms with van der Waals surface area (Å²) in [7, 11) is 1.31. The van der Waals surface area contributed by atoms with Gasteiger partial charge in [-0.15, -0.1) is 0 Å². The lowest BCUT2D eigenvalue weighted by atomic mass is 9.94. The second-order valence-electron chi connectivity index (χ2n) is 6.09. The summed E-state index contributed by atoms with van der Waals surface area (Å²) < 4.78 is 4.90. The van der Waals surface area contributed by atoms with E-state index in [0.29, 0.717) is 17.7 Å². The first-order valence-corrected chi connectivity index (χ1v) is 7.77. The van der Waals surface area contributed by atoms with Gasteiger partial charge in [0.05, 0.1) is 24.9 Å². The lowest BCUT2D eigenvalue weighted by molar-refractivity contribution is -0.149. The number of amides is 1. The number of methoxy groups -OCH3 is 1. The Bertz CT molecular complexity index is 938. The smallest absolute Gasteiger partial charge is 0.329 e. The van der Waals surface area contributed by atoms with Gasteiger partial charge in [0.1, 0.15) is 6.04 Å². The van der Waals surface area contributed by atoms with Gasteiger partial charge in [-0.25, -0.2) is 4.79 Å². The van der Waals surface area contributed by atoms with Crippen LogP contribution >= 0.6 is 0 Å². The van der Waals surface area contributed by atoms with E-state index < -0.39 is 12.0 Å². The summed E-state index contributed by atoms with van der Waals surface area (Å²) in [5.41, 5.74) is 3.59. The molecule has 1 amide bonds. The third-order valence-electron chi connectivity index (χ3n) is 4.78. The molecule has 0 saturated heterocycles. The third kappa shape index (κ3) is 1.86. The van der Waals surface area contributed by atoms with Crippen molar-refractivity contribution >= 4 is 34.3 Å². The zero-order valence-electron chi connectivity index (χ0n) is 13.4. The molecule has 6 heteroatoms. The van der Waals surface area contributed by atoms with Gasteiger partial charge < -0.3 is 9.72 Å². The maximum absolute atomic E-state index is 12.5. The number of esters is 1. The van der Waals surface area contributed by atoms with Gasteiger partial charge in [-0.1, -0.05) is 18.2 Å². The normalized spacial score (nSPS) is 19.5. The van der Waals surface area contributed by atoms with E-state index in [4.69, 9.17) is 4.74 Å². The van der Waals surface area contributed by atoms with Crippen LogP contribution in [-0.2, 0) is 25.5 Å². The molecular formula is C18H16N2O4. The fourth-order valence-electron chi connectivity index (χ4n) is 3.71. The highest BCUT2D eigenvalue weighted by Crippen LogP contribution is 2.43. The largest absolute Gasteiger partial charge is 0.467 e. The molecule has 1 atom stereocenters. The molecule has 2 aliphatic rings. The summed E-state index contributed by atoms with van der Waals surface area (Å²) in [5, 5.41) is 0.996. The van der Waals surface area contributed by atoms with E-state index in [1.165, 1.54) is 18.9 Å². The number of ketones is 1. The first-order valence-electron chi connectivity index (χ1n) is 7.77. The van der Waals surface area contributed by atoms with E-state index in [0.717, 1.165) is 22.2 Å². The number of aromatic nitrogens is 1. The van der Waals surface area contributed by atoms with Crippen LogP contribution in [0.1, 0.15) is 24.6 Å². The molecule has 2 aliphatic heterocycles. The number of nitrogens with zero attached hydrogens (tertiary/aromatic N) is 1. The molecule has 2 aromatic rings. The van der Waals surface area contributed by atoms with Crippen LogP contribution in [0.25, 0.3) is 16.6 Å². The van der Waals surface area contributed by atoms with Gasteiger partial charge >= 0.3 is 5.97 Å². The zero-order chi connectivity index (χ0) is 17.0. The molecule has 0 bridgehead atoms. The first-order chi connectivity index (χ1) is 11.5. The molecule has 1 aromatic heterocycles. The summed E-state index contributed by atoms with van der Waals surface area (Å²) in [5.74, 6) is -0.868. The van der Waals surface area contributed by atoms with E-state index >= 15 is 0 Å². The van der Waals surface area contributed by atoms with E-state index in [2.05, 4.69) is 4.98 Å². The number of hydrogen-bond acceptors (Lipinski definition) is 4. The molecule has 0 spiro atoms. The Balaban J connectivity index is 2.03. The molecule has 0 fully saturated rings. The van der Waals surface area contributed by atoms with Crippen molar-refractivity contribution in [3.05, 3.63) is 41.1 Å². The Morgan fingerprint density at radius 2 is 2.04 bits per heavy atom. The van der Waals surface area contributed by atoms with Crippen molar-refractivity contribution < 1.29 is 19.1 Å². The predicted octanol–water partition coefficient (Wildman–Crippen LogP) is 1.80. The molecule has 0 aliphatic carbocycles. The first kappa shape index (κ1) is 14.7. The Morgan fingerprint density at radius 1 is 1.29 bits per heavy atom. The number of carbonyl (C=O) groups excluding carboxylic acids is 3. The van der Waals surface area contributed by atoms with Crippen molar-refractivity contribution in [2.24, 2.45) is 0 Å². The van der Waals surface area contributed by atoms with Crippen LogP contribution in [0.15, 0.2) is 29.8 Å². The Labute approximate surface area is 138 Å².